The predicted molar refractivity (Wildman–Crippen MR) is 95.2 cm³/mol. The number of rotatable bonds is 7. The summed E-state index contributed by atoms with van der Waals surface area (Å²) in [5.74, 6) is -0.637. The summed E-state index contributed by atoms with van der Waals surface area (Å²) in [7, 11) is -3.78. The number of aromatic nitrogens is 1. The molecule has 1 aromatic heterocycles. The number of halogens is 1. The van der Waals surface area contributed by atoms with Crippen LogP contribution in [0.4, 0.5) is 9.52 Å². The number of ether oxygens (including phenoxy) is 1. The van der Waals surface area contributed by atoms with E-state index in [1.54, 1.807) is 13.1 Å². The second-order valence-corrected chi connectivity index (χ2v) is 8.32. The lowest BCUT2D eigenvalue weighted by molar-refractivity contribution is 0.321. The zero-order chi connectivity index (χ0) is 17.9. The summed E-state index contributed by atoms with van der Waals surface area (Å²) >= 11 is 1.54. The molecule has 1 N–H and O–H groups in total. The number of thiazole rings is 1. The Kier molecular flexibility index (Phi) is 5.55. The Morgan fingerprint density at radius 1 is 1.48 bits per heavy atom. The normalized spacial score (nSPS) is 17.8. The molecule has 1 fully saturated rings. The number of anilines is 1. The van der Waals surface area contributed by atoms with Crippen molar-refractivity contribution in [2.75, 3.05) is 24.6 Å². The van der Waals surface area contributed by atoms with Crippen LogP contribution in [-0.2, 0) is 10.0 Å². The minimum Gasteiger partial charge on any atom is -0.491 e. The molecular formula is C16H20FN3O3S2. The SMILES string of the molecule is CCOc1ccc(S(=O)(=O)NCC2CCCN2c2nccs2)cc1F. The van der Waals surface area contributed by atoms with E-state index in [4.69, 9.17) is 4.74 Å². The molecule has 0 spiro atoms. The molecule has 2 aromatic rings. The predicted octanol–water partition coefficient (Wildman–Crippen LogP) is 2.63. The molecule has 3 rings (SSSR count). The Morgan fingerprint density at radius 2 is 2.32 bits per heavy atom. The summed E-state index contributed by atoms with van der Waals surface area (Å²) in [6.45, 7) is 3.17. The molecule has 1 atom stereocenters. The van der Waals surface area contributed by atoms with Gasteiger partial charge in [0.15, 0.2) is 16.7 Å². The van der Waals surface area contributed by atoms with Crippen molar-refractivity contribution in [2.45, 2.75) is 30.7 Å². The van der Waals surface area contributed by atoms with Crippen LogP contribution in [0.15, 0.2) is 34.7 Å². The van der Waals surface area contributed by atoms with Crippen LogP contribution in [0.3, 0.4) is 0 Å². The van der Waals surface area contributed by atoms with E-state index in [2.05, 4.69) is 14.6 Å². The van der Waals surface area contributed by atoms with Crippen LogP contribution < -0.4 is 14.4 Å². The Hall–Kier alpha value is -1.71. The molecule has 0 saturated carbocycles. The third-order valence-electron chi connectivity index (χ3n) is 4.06. The minimum absolute atomic E-state index is 0.0483. The second kappa shape index (κ2) is 7.67. The molecule has 1 aliphatic heterocycles. The molecule has 25 heavy (non-hydrogen) atoms. The lowest BCUT2D eigenvalue weighted by atomic mass is 10.2. The fraction of sp³-hybridized carbons (Fsp3) is 0.438. The highest BCUT2D eigenvalue weighted by molar-refractivity contribution is 7.89. The number of benzene rings is 1. The van der Waals surface area contributed by atoms with Crippen LogP contribution in [-0.4, -0.2) is 39.1 Å². The van der Waals surface area contributed by atoms with E-state index in [9.17, 15) is 12.8 Å². The van der Waals surface area contributed by atoms with Crippen molar-refractivity contribution in [3.63, 3.8) is 0 Å². The van der Waals surface area contributed by atoms with Crippen LogP contribution in [0, 0.1) is 5.82 Å². The maximum atomic E-state index is 13.9. The molecule has 0 aliphatic carbocycles. The average Bonchev–Trinajstić information content (AvgIpc) is 3.26. The van der Waals surface area contributed by atoms with Gasteiger partial charge in [0.2, 0.25) is 10.0 Å². The van der Waals surface area contributed by atoms with Gasteiger partial charge in [0, 0.05) is 30.7 Å². The van der Waals surface area contributed by atoms with Gasteiger partial charge in [-0.15, -0.1) is 11.3 Å². The Labute approximate surface area is 150 Å². The standard InChI is InChI=1S/C16H20FN3O3S2/c1-2-23-15-6-5-13(10-14(15)17)25(21,22)19-11-12-4-3-8-20(12)16-18-7-9-24-16/h5-7,9-10,12,19H,2-4,8,11H2,1H3. The summed E-state index contributed by atoms with van der Waals surface area (Å²) in [6, 6.07) is 3.73. The Balaban J connectivity index is 1.68. The lowest BCUT2D eigenvalue weighted by Gasteiger charge is -2.24. The Morgan fingerprint density at radius 3 is 3.00 bits per heavy atom. The first-order valence-corrected chi connectivity index (χ1v) is 10.5. The van der Waals surface area contributed by atoms with Gasteiger partial charge in [0.1, 0.15) is 0 Å². The molecule has 2 heterocycles. The molecule has 6 nitrogen and oxygen atoms in total. The van der Waals surface area contributed by atoms with E-state index in [1.165, 1.54) is 23.5 Å². The van der Waals surface area contributed by atoms with E-state index < -0.39 is 15.8 Å². The molecule has 9 heteroatoms. The Bertz CT molecular complexity index is 812. The highest BCUT2D eigenvalue weighted by atomic mass is 32.2. The van der Waals surface area contributed by atoms with Crippen molar-refractivity contribution in [2.24, 2.45) is 0 Å². The van der Waals surface area contributed by atoms with Crippen LogP contribution >= 0.6 is 11.3 Å². The zero-order valence-electron chi connectivity index (χ0n) is 13.8. The van der Waals surface area contributed by atoms with Gasteiger partial charge in [-0.05, 0) is 38.0 Å². The fourth-order valence-electron chi connectivity index (χ4n) is 2.87. The first kappa shape index (κ1) is 18.1. The first-order valence-electron chi connectivity index (χ1n) is 8.09. The molecule has 1 saturated heterocycles. The summed E-state index contributed by atoms with van der Waals surface area (Å²) in [5.41, 5.74) is 0. The van der Waals surface area contributed by atoms with Crippen LogP contribution in [0.25, 0.3) is 0 Å². The van der Waals surface area contributed by atoms with E-state index in [1.807, 2.05) is 5.38 Å². The van der Waals surface area contributed by atoms with Crippen molar-refractivity contribution in [1.82, 2.24) is 9.71 Å². The van der Waals surface area contributed by atoms with Gasteiger partial charge >= 0.3 is 0 Å². The fourth-order valence-corrected chi connectivity index (χ4v) is 4.69. The molecule has 1 aliphatic rings. The van der Waals surface area contributed by atoms with Gasteiger partial charge in [0.05, 0.1) is 11.5 Å². The molecular weight excluding hydrogens is 365 g/mol. The summed E-state index contributed by atoms with van der Waals surface area (Å²) in [5, 5.41) is 2.80. The van der Waals surface area contributed by atoms with Crippen molar-refractivity contribution < 1.29 is 17.5 Å². The number of sulfonamides is 1. The first-order chi connectivity index (χ1) is 12.0. The quantitative estimate of drug-likeness (QED) is 0.793. The smallest absolute Gasteiger partial charge is 0.240 e. The monoisotopic (exact) mass is 385 g/mol. The van der Waals surface area contributed by atoms with Crippen molar-refractivity contribution in [1.29, 1.82) is 0 Å². The molecule has 136 valence electrons. The molecule has 1 unspecified atom stereocenters. The number of nitrogens with one attached hydrogen (secondary N) is 1. The van der Waals surface area contributed by atoms with E-state index in [0.717, 1.165) is 30.6 Å². The molecule has 0 amide bonds. The van der Waals surface area contributed by atoms with Crippen LogP contribution in [0.1, 0.15) is 19.8 Å². The highest BCUT2D eigenvalue weighted by Crippen LogP contribution is 2.27. The molecule has 0 bridgehead atoms. The maximum Gasteiger partial charge on any atom is 0.240 e. The van der Waals surface area contributed by atoms with Crippen LogP contribution in [0.2, 0.25) is 0 Å². The maximum absolute atomic E-state index is 13.9. The van der Waals surface area contributed by atoms with Gasteiger partial charge in [-0.2, -0.15) is 0 Å². The number of nitrogens with zero attached hydrogens (tertiary/aromatic N) is 2. The van der Waals surface area contributed by atoms with Crippen molar-refractivity contribution in [3.05, 3.63) is 35.6 Å². The van der Waals surface area contributed by atoms with Crippen LogP contribution in [0.5, 0.6) is 5.75 Å². The van der Waals surface area contributed by atoms with Gasteiger partial charge in [-0.25, -0.2) is 22.5 Å². The molecule has 0 radical (unpaired) electrons. The number of hydrogen-bond acceptors (Lipinski definition) is 6. The van der Waals surface area contributed by atoms with Gasteiger partial charge < -0.3 is 9.64 Å². The van der Waals surface area contributed by atoms with E-state index in [-0.39, 0.29) is 23.2 Å². The lowest BCUT2D eigenvalue weighted by Crippen LogP contribution is -2.40. The topological polar surface area (TPSA) is 71.5 Å². The zero-order valence-corrected chi connectivity index (χ0v) is 15.4. The summed E-state index contributed by atoms with van der Waals surface area (Å²) in [6.07, 6.45) is 3.62. The summed E-state index contributed by atoms with van der Waals surface area (Å²) in [4.78, 5) is 6.31. The van der Waals surface area contributed by atoms with Crippen molar-refractivity contribution >= 4 is 26.5 Å². The third-order valence-corrected chi connectivity index (χ3v) is 6.29. The van der Waals surface area contributed by atoms with Gasteiger partial charge in [-0.1, -0.05) is 0 Å². The highest BCUT2D eigenvalue weighted by Gasteiger charge is 2.28. The van der Waals surface area contributed by atoms with Crippen molar-refractivity contribution in [3.8, 4) is 5.75 Å². The van der Waals surface area contributed by atoms with E-state index in [0.29, 0.717) is 6.61 Å². The minimum atomic E-state index is -3.78. The van der Waals surface area contributed by atoms with Gasteiger partial charge in [0.25, 0.3) is 0 Å². The summed E-state index contributed by atoms with van der Waals surface area (Å²) < 4.78 is 46.5. The van der Waals surface area contributed by atoms with Gasteiger partial charge in [-0.3, -0.25) is 0 Å². The number of hydrogen-bond donors (Lipinski definition) is 1. The van der Waals surface area contributed by atoms with E-state index >= 15 is 0 Å². The average molecular weight is 385 g/mol. The molecule has 1 aromatic carbocycles. The third kappa shape index (κ3) is 4.10. The second-order valence-electron chi connectivity index (χ2n) is 5.68. The largest absolute Gasteiger partial charge is 0.491 e.